The highest BCUT2D eigenvalue weighted by molar-refractivity contribution is 7.17. The van der Waals surface area contributed by atoms with Crippen LogP contribution in [0.4, 0.5) is 0 Å². The number of piperidine rings is 1. The van der Waals surface area contributed by atoms with Crippen LogP contribution in [0.3, 0.4) is 0 Å². The fourth-order valence-electron chi connectivity index (χ4n) is 3.80. The lowest BCUT2D eigenvalue weighted by Crippen LogP contribution is -2.38. The smallest absolute Gasteiger partial charge is 0.230 e. The first-order valence-electron chi connectivity index (χ1n) is 9.30. The predicted molar refractivity (Wildman–Crippen MR) is 107 cm³/mol. The zero-order valence-electron chi connectivity index (χ0n) is 16.5. The van der Waals surface area contributed by atoms with Crippen LogP contribution in [0, 0.1) is 0 Å². The first kappa shape index (κ1) is 19.7. The molecule has 1 fully saturated rings. The maximum atomic E-state index is 10.9. The van der Waals surface area contributed by atoms with Gasteiger partial charge in [0.25, 0.3) is 0 Å². The molecule has 0 amide bonds. The molecular weight excluding hydrogens is 396 g/mol. The van der Waals surface area contributed by atoms with Gasteiger partial charge in [-0.25, -0.2) is 4.98 Å². The van der Waals surface area contributed by atoms with E-state index in [-0.39, 0.29) is 18.0 Å². The summed E-state index contributed by atoms with van der Waals surface area (Å²) in [4.78, 5) is 7.79. The first-order valence-corrected chi connectivity index (χ1v) is 10.1. The standard InChI is InChI=1S/C19H24N4O5S/c1-26-13-8-11(9-14(27-2)16(13)28-3)15(22-6-4-12(24)5-7-22)17-18(25)23-19(29-17)20-10-21-23/h8-10,12,15,24-25H,4-7H2,1-3H3/t15-/m0/s1. The van der Waals surface area contributed by atoms with E-state index in [0.717, 1.165) is 10.4 Å². The summed E-state index contributed by atoms with van der Waals surface area (Å²) in [6, 6.07) is 3.52. The van der Waals surface area contributed by atoms with E-state index in [0.29, 0.717) is 48.1 Å². The molecule has 10 heteroatoms. The molecule has 3 heterocycles. The Morgan fingerprint density at radius 2 is 1.76 bits per heavy atom. The van der Waals surface area contributed by atoms with Crippen molar-refractivity contribution < 1.29 is 24.4 Å². The van der Waals surface area contributed by atoms with Gasteiger partial charge in [-0.2, -0.15) is 9.61 Å². The van der Waals surface area contributed by atoms with Crippen molar-refractivity contribution >= 4 is 16.3 Å². The Morgan fingerprint density at radius 1 is 1.10 bits per heavy atom. The molecule has 2 aromatic heterocycles. The topological polar surface area (TPSA) is 102 Å². The highest BCUT2D eigenvalue weighted by atomic mass is 32.1. The largest absolute Gasteiger partial charge is 0.493 e. The minimum atomic E-state index is -0.303. The molecule has 9 nitrogen and oxygen atoms in total. The van der Waals surface area contributed by atoms with Gasteiger partial charge >= 0.3 is 0 Å². The first-order chi connectivity index (χ1) is 14.1. The Balaban J connectivity index is 1.86. The molecule has 29 heavy (non-hydrogen) atoms. The molecule has 0 spiro atoms. The van der Waals surface area contributed by atoms with Crippen LogP contribution in [-0.4, -0.2) is 70.2 Å². The number of hydrogen-bond donors (Lipinski definition) is 2. The predicted octanol–water partition coefficient (Wildman–Crippen LogP) is 2.07. The third kappa shape index (κ3) is 3.47. The molecule has 0 aliphatic carbocycles. The summed E-state index contributed by atoms with van der Waals surface area (Å²) in [5.41, 5.74) is 0.885. The number of aromatic nitrogens is 3. The van der Waals surface area contributed by atoms with Crippen molar-refractivity contribution in [2.24, 2.45) is 0 Å². The number of rotatable bonds is 6. The summed E-state index contributed by atoms with van der Waals surface area (Å²) in [5.74, 6) is 1.66. The molecule has 4 rings (SSSR count). The molecule has 0 unspecified atom stereocenters. The van der Waals surface area contributed by atoms with E-state index in [1.807, 2.05) is 12.1 Å². The second-order valence-corrected chi connectivity index (χ2v) is 7.88. The lowest BCUT2D eigenvalue weighted by Gasteiger charge is -2.36. The number of likely N-dealkylation sites (tertiary alicyclic amines) is 1. The Hall–Kier alpha value is -2.56. The van der Waals surface area contributed by atoms with Crippen molar-refractivity contribution in [1.29, 1.82) is 0 Å². The van der Waals surface area contributed by atoms with Crippen LogP contribution in [0.2, 0.25) is 0 Å². The van der Waals surface area contributed by atoms with E-state index in [1.54, 1.807) is 21.3 Å². The number of fused-ring (bicyclic) bond motifs is 1. The maximum Gasteiger partial charge on any atom is 0.230 e. The molecule has 0 bridgehead atoms. The molecule has 156 valence electrons. The van der Waals surface area contributed by atoms with Gasteiger partial charge in [0.15, 0.2) is 11.5 Å². The zero-order chi connectivity index (χ0) is 20.5. The Kier molecular flexibility index (Phi) is 5.48. The van der Waals surface area contributed by atoms with Gasteiger partial charge in [0.05, 0.1) is 38.4 Å². The number of nitrogens with zero attached hydrogens (tertiary/aromatic N) is 4. The summed E-state index contributed by atoms with van der Waals surface area (Å²) < 4.78 is 17.9. The molecule has 1 aliphatic heterocycles. The average Bonchev–Trinajstić information content (AvgIpc) is 3.32. The number of hydrogen-bond acceptors (Lipinski definition) is 9. The average molecular weight is 420 g/mol. The Bertz CT molecular complexity index is 971. The monoisotopic (exact) mass is 420 g/mol. The van der Waals surface area contributed by atoms with E-state index in [2.05, 4.69) is 15.0 Å². The van der Waals surface area contributed by atoms with Crippen molar-refractivity contribution in [1.82, 2.24) is 19.5 Å². The summed E-state index contributed by atoms with van der Waals surface area (Å²) in [7, 11) is 4.72. The van der Waals surface area contributed by atoms with E-state index in [9.17, 15) is 10.2 Å². The molecule has 2 N–H and O–H groups in total. The van der Waals surface area contributed by atoms with Gasteiger partial charge in [-0.05, 0) is 30.5 Å². The van der Waals surface area contributed by atoms with Crippen molar-refractivity contribution in [2.45, 2.75) is 25.0 Å². The third-order valence-electron chi connectivity index (χ3n) is 5.25. The number of methoxy groups -OCH3 is 3. The zero-order valence-corrected chi connectivity index (χ0v) is 17.3. The molecule has 0 radical (unpaired) electrons. The van der Waals surface area contributed by atoms with E-state index in [4.69, 9.17) is 14.2 Å². The van der Waals surface area contributed by atoms with Crippen LogP contribution >= 0.6 is 11.3 Å². The highest BCUT2D eigenvalue weighted by Crippen LogP contribution is 2.46. The highest BCUT2D eigenvalue weighted by Gasteiger charge is 2.33. The van der Waals surface area contributed by atoms with Crippen LogP contribution in [0.25, 0.3) is 4.96 Å². The summed E-state index contributed by atoms with van der Waals surface area (Å²) >= 11 is 1.39. The van der Waals surface area contributed by atoms with Crippen LogP contribution < -0.4 is 14.2 Å². The Labute approximate surface area is 172 Å². The van der Waals surface area contributed by atoms with Gasteiger partial charge in [-0.15, -0.1) is 0 Å². The minimum absolute atomic E-state index is 0.0624. The molecule has 3 aromatic rings. The number of aliphatic hydroxyl groups excluding tert-OH is 1. The van der Waals surface area contributed by atoms with Crippen molar-refractivity contribution in [2.75, 3.05) is 34.4 Å². The SMILES string of the molecule is COc1cc([C@@H](c2sc3ncnn3c2O)N2CCC(O)CC2)cc(OC)c1OC. The van der Waals surface area contributed by atoms with Gasteiger partial charge in [0, 0.05) is 13.1 Å². The van der Waals surface area contributed by atoms with Gasteiger partial charge < -0.3 is 24.4 Å². The van der Waals surface area contributed by atoms with Crippen LogP contribution in [0.1, 0.15) is 29.3 Å². The Morgan fingerprint density at radius 3 is 2.31 bits per heavy atom. The second-order valence-electron chi connectivity index (χ2n) is 6.87. The molecule has 1 aromatic carbocycles. The molecular formula is C19H24N4O5S. The molecule has 1 saturated heterocycles. The van der Waals surface area contributed by atoms with Crippen molar-refractivity contribution in [3.8, 4) is 23.1 Å². The molecule has 1 atom stereocenters. The molecule has 0 saturated carbocycles. The van der Waals surface area contributed by atoms with Crippen LogP contribution in [0.5, 0.6) is 23.1 Å². The molecule has 1 aliphatic rings. The fourth-order valence-corrected chi connectivity index (χ4v) is 4.89. The lowest BCUT2D eigenvalue weighted by molar-refractivity contribution is 0.0688. The summed E-state index contributed by atoms with van der Waals surface area (Å²) in [5, 5.41) is 24.9. The third-order valence-corrected chi connectivity index (χ3v) is 6.34. The number of thiazole rings is 1. The van der Waals surface area contributed by atoms with Gasteiger partial charge in [0.1, 0.15) is 6.33 Å². The number of aliphatic hydroxyl groups is 1. The maximum absolute atomic E-state index is 10.9. The number of benzene rings is 1. The normalized spacial score (nSPS) is 16.8. The minimum Gasteiger partial charge on any atom is -0.493 e. The van der Waals surface area contributed by atoms with E-state index in [1.165, 1.54) is 22.2 Å². The van der Waals surface area contributed by atoms with Gasteiger partial charge in [0.2, 0.25) is 16.6 Å². The summed E-state index contributed by atoms with van der Waals surface area (Å²) in [6.07, 6.45) is 2.45. The van der Waals surface area contributed by atoms with Crippen molar-refractivity contribution in [3.63, 3.8) is 0 Å². The van der Waals surface area contributed by atoms with Crippen LogP contribution in [-0.2, 0) is 0 Å². The van der Waals surface area contributed by atoms with Gasteiger partial charge in [-0.1, -0.05) is 11.3 Å². The van der Waals surface area contributed by atoms with Crippen LogP contribution in [0.15, 0.2) is 18.5 Å². The quantitative estimate of drug-likeness (QED) is 0.625. The van der Waals surface area contributed by atoms with E-state index < -0.39 is 0 Å². The number of aromatic hydroxyl groups is 1. The van der Waals surface area contributed by atoms with Crippen molar-refractivity contribution in [3.05, 3.63) is 28.9 Å². The fraction of sp³-hybridized carbons (Fsp3) is 0.474. The number of ether oxygens (including phenoxy) is 3. The van der Waals surface area contributed by atoms with E-state index >= 15 is 0 Å². The summed E-state index contributed by atoms with van der Waals surface area (Å²) in [6.45, 7) is 1.38. The van der Waals surface area contributed by atoms with Gasteiger partial charge in [-0.3, -0.25) is 4.90 Å². The second kappa shape index (κ2) is 8.05. The lowest BCUT2D eigenvalue weighted by atomic mass is 9.98.